The van der Waals surface area contributed by atoms with Gasteiger partial charge in [0.15, 0.2) is 0 Å². The number of nitrogens with zero attached hydrogens (tertiary/aromatic N) is 1. The number of amides is 1. The zero-order valence-electron chi connectivity index (χ0n) is 9.54. The topological polar surface area (TPSA) is 46.2 Å². The zero-order valence-corrected chi connectivity index (χ0v) is 9.54. The minimum atomic E-state index is -0.395. The SMILES string of the molecule is CN(C(=O)OC(C)(C)C)[C@@H]1CC[NH2+]C1. The van der Waals surface area contributed by atoms with Gasteiger partial charge in [-0.1, -0.05) is 0 Å². The Balaban J connectivity index is 2.43. The molecule has 1 atom stereocenters. The van der Waals surface area contributed by atoms with E-state index in [4.69, 9.17) is 4.74 Å². The van der Waals surface area contributed by atoms with Crippen molar-refractivity contribution >= 4 is 6.09 Å². The van der Waals surface area contributed by atoms with Crippen molar-refractivity contribution in [3.05, 3.63) is 0 Å². The Bertz CT molecular complexity index is 205. The summed E-state index contributed by atoms with van der Waals surface area (Å²) >= 11 is 0. The summed E-state index contributed by atoms with van der Waals surface area (Å²) in [6.07, 6.45) is 0.855. The van der Waals surface area contributed by atoms with E-state index in [-0.39, 0.29) is 6.09 Å². The van der Waals surface area contributed by atoms with Crippen LogP contribution < -0.4 is 5.32 Å². The maximum absolute atomic E-state index is 11.6. The minimum absolute atomic E-state index is 0.210. The minimum Gasteiger partial charge on any atom is -0.444 e. The molecular formula is C10H21N2O2+. The second kappa shape index (κ2) is 4.17. The number of ether oxygens (including phenoxy) is 1. The van der Waals surface area contributed by atoms with Gasteiger partial charge in [-0.05, 0) is 20.8 Å². The number of hydrogen-bond acceptors (Lipinski definition) is 2. The lowest BCUT2D eigenvalue weighted by atomic mass is 10.2. The van der Waals surface area contributed by atoms with Crippen molar-refractivity contribution in [1.29, 1.82) is 0 Å². The predicted molar refractivity (Wildman–Crippen MR) is 54.1 cm³/mol. The molecule has 1 amide bonds. The van der Waals surface area contributed by atoms with E-state index in [0.29, 0.717) is 6.04 Å². The first-order valence-electron chi connectivity index (χ1n) is 5.17. The Hall–Kier alpha value is -0.770. The summed E-state index contributed by atoms with van der Waals surface area (Å²) in [7, 11) is 1.82. The molecule has 1 aliphatic rings. The van der Waals surface area contributed by atoms with E-state index >= 15 is 0 Å². The molecule has 1 saturated heterocycles. The number of quaternary nitrogens is 1. The maximum Gasteiger partial charge on any atom is 0.410 e. The van der Waals surface area contributed by atoms with Gasteiger partial charge in [-0.3, -0.25) is 0 Å². The number of carbonyl (C=O) groups is 1. The van der Waals surface area contributed by atoms with Crippen LogP contribution in [0.25, 0.3) is 0 Å². The van der Waals surface area contributed by atoms with Crippen LogP contribution in [0.4, 0.5) is 4.79 Å². The first-order valence-corrected chi connectivity index (χ1v) is 5.17. The van der Waals surface area contributed by atoms with Gasteiger partial charge in [0.1, 0.15) is 5.60 Å². The van der Waals surface area contributed by atoms with Crippen LogP contribution in [-0.4, -0.2) is 42.8 Å². The fourth-order valence-corrected chi connectivity index (χ4v) is 1.57. The number of hydrogen-bond donors (Lipinski definition) is 1. The standard InChI is InChI=1S/C10H20N2O2/c1-10(2,3)14-9(13)12(4)8-5-6-11-7-8/h8,11H,5-7H2,1-4H3/p+1/t8-/m1/s1. The summed E-state index contributed by atoms with van der Waals surface area (Å²) in [5.74, 6) is 0. The molecule has 4 heteroatoms. The smallest absolute Gasteiger partial charge is 0.410 e. The number of nitrogens with two attached hydrogens (primary N) is 1. The quantitative estimate of drug-likeness (QED) is 0.658. The van der Waals surface area contributed by atoms with Crippen LogP contribution in [0, 0.1) is 0 Å². The molecule has 0 unspecified atom stereocenters. The van der Waals surface area contributed by atoms with Crippen LogP contribution in [0.5, 0.6) is 0 Å². The summed E-state index contributed by atoms with van der Waals surface area (Å²) in [5.41, 5.74) is -0.395. The lowest BCUT2D eigenvalue weighted by Gasteiger charge is -2.27. The monoisotopic (exact) mass is 201 g/mol. The lowest BCUT2D eigenvalue weighted by Crippen LogP contribution is -2.82. The van der Waals surface area contributed by atoms with Crippen molar-refractivity contribution in [2.75, 3.05) is 20.1 Å². The highest BCUT2D eigenvalue weighted by Crippen LogP contribution is 2.11. The molecule has 0 bridgehead atoms. The van der Waals surface area contributed by atoms with Crippen molar-refractivity contribution in [3.63, 3.8) is 0 Å². The fraction of sp³-hybridized carbons (Fsp3) is 0.900. The third-order valence-electron chi connectivity index (χ3n) is 2.37. The molecule has 2 N–H and O–H groups in total. The molecule has 0 aliphatic carbocycles. The summed E-state index contributed by atoms with van der Waals surface area (Å²) in [4.78, 5) is 13.4. The van der Waals surface area contributed by atoms with Crippen LogP contribution in [0.1, 0.15) is 27.2 Å². The third kappa shape index (κ3) is 3.18. The second-order valence-corrected chi connectivity index (χ2v) is 4.85. The van der Waals surface area contributed by atoms with Gasteiger partial charge in [0.25, 0.3) is 0 Å². The van der Waals surface area contributed by atoms with E-state index in [2.05, 4.69) is 5.32 Å². The predicted octanol–water partition coefficient (Wildman–Crippen LogP) is 0.189. The summed E-state index contributed by atoms with van der Waals surface area (Å²) in [6, 6.07) is 0.338. The van der Waals surface area contributed by atoms with Gasteiger partial charge >= 0.3 is 6.09 Å². The van der Waals surface area contributed by atoms with Crippen LogP contribution in [0.2, 0.25) is 0 Å². The Morgan fingerprint density at radius 2 is 2.14 bits per heavy atom. The highest BCUT2D eigenvalue weighted by molar-refractivity contribution is 5.68. The zero-order chi connectivity index (χ0) is 10.8. The van der Waals surface area contributed by atoms with E-state index in [1.807, 2.05) is 27.8 Å². The lowest BCUT2D eigenvalue weighted by molar-refractivity contribution is -0.637. The summed E-state index contributed by atoms with van der Waals surface area (Å²) in [5, 5.41) is 2.23. The Labute approximate surface area is 85.6 Å². The molecule has 14 heavy (non-hydrogen) atoms. The van der Waals surface area contributed by atoms with E-state index in [0.717, 1.165) is 19.5 Å². The molecule has 0 radical (unpaired) electrons. The van der Waals surface area contributed by atoms with Gasteiger partial charge in [0, 0.05) is 13.5 Å². The molecule has 0 aromatic rings. The van der Waals surface area contributed by atoms with Crippen molar-refractivity contribution in [2.24, 2.45) is 0 Å². The van der Waals surface area contributed by atoms with Gasteiger partial charge in [0.05, 0.1) is 19.1 Å². The Kier molecular flexibility index (Phi) is 3.37. The van der Waals surface area contributed by atoms with Gasteiger partial charge in [-0.15, -0.1) is 0 Å². The molecule has 0 aromatic carbocycles. The molecule has 1 aliphatic heterocycles. The third-order valence-corrected chi connectivity index (χ3v) is 2.37. The van der Waals surface area contributed by atoms with E-state index in [1.165, 1.54) is 0 Å². The van der Waals surface area contributed by atoms with Gasteiger partial charge in [-0.2, -0.15) is 0 Å². The molecule has 4 nitrogen and oxygen atoms in total. The van der Waals surface area contributed by atoms with Crippen LogP contribution >= 0.6 is 0 Å². The molecular weight excluding hydrogens is 180 g/mol. The number of carbonyl (C=O) groups excluding carboxylic acids is 1. The average molecular weight is 201 g/mol. The Morgan fingerprint density at radius 3 is 2.57 bits per heavy atom. The molecule has 82 valence electrons. The normalized spacial score (nSPS) is 22.1. The first kappa shape index (κ1) is 11.3. The van der Waals surface area contributed by atoms with Crippen molar-refractivity contribution in [3.8, 4) is 0 Å². The van der Waals surface area contributed by atoms with Crippen molar-refractivity contribution < 1.29 is 14.8 Å². The largest absolute Gasteiger partial charge is 0.444 e. The maximum atomic E-state index is 11.6. The van der Waals surface area contributed by atoms with Gasteiger partial charge in [0.2, 0.25) is 0 Å². The van der Waals surface area contributed by atoms with Gasteiger partial charge in [-0.25, -0.2) is 4.79 Å². The highest BCUT2D eigenvalue weighted by Gasteiger charge is 2.29. The fourth-order valence-electron chi connectivity index (χ4n) is 1.57. The van der Waals surface area contributed by atoms with E-state index in [9.17, 15) is 4.79 Å². The summed E-state index contributed by atoms with van der Waals surface area (Å²) < 4.78 is 5.28. The van der Waals surface area contributed by atoms with E-state index in [1.54, 1.807) is 4.90 Å². The first-order chi connectivity index (χ1) is 6.40. The average Bonchev–Trinajstić information content (AvgIpc) is 2.51. The molecule has 0 aromatic heterocycles. The molecule has 0 saturated carbocycles. The van der Waals surface area contributed by atoms with E-state index < -0.39 is 5.60 Å². The van der Waals surface area contributed by atoms with Crippen molar-refractivity contribution in [1.82, 2.24) is 4.90 Å². The number of rotatable bonds is 1. The molecule has 1 rings (SSSR count). The van der Waals surface area contributed by atoms with Crippen LogP contribution in [0.3, 0.4) is 0 Å². The Morgan fingerprint density at radius 1 is 1.50 bits per heavy atom. The highest BCUT2D eigenvalue weighted by atomic mass is 16.6. The van der Waals surface area contributed by atoms with Crippen molar-refractivity contribution in [2.45, 2.75) is 38.8 Å². The summed E-state index contributed by atoms with van der Waals surface area (Å²) in [6.45, 7) is 7.77. The number of likely N-dealkylation sites (N-methyl/N-ethyl adjacent to an activating group) is 1. The molecule has 0 spiro atoms. The van der Waals surface area contributed by atoms with Crippen LogP contribution in [-0.2, 0) is 4.74 Å². The molecule has 1 fully saturated rings. The van der Waals surface area contributed by atoms with Gasteiger partial charge < -0.3 is 15.0 Å². The molecule has 1 heterocycles. The van der Waals surface area contributed by atoms with Crippen LogP contribution in [0.15, 0.2) is 0 Å². The second-order valence-electron chi connectivity index (χ2n) is 4.85.